The molecule has 1 aromatic heterocycles. The fraction of sp³-hybridized carbons (Fsp3) is 0.524. The van der Waals surface area contributed by atoms with Crippen molar-refractivity contribution in [2.24, 2.45) is 5.92 Å². The van der Waals surface area contributed by atoms with Crippen LogP contribution in [-0.4, -0.2) is 41.9 Å². The number of carbonyl (C=O) groups is 1. The van der Waals surface area contributed by atoms with E-state index in [4.69, 9.17) is 4.42 Å². The number of carbonyl (C=O) groups excluding carboxylic acids is 1. The maximum atomic E-state index is 12.2. The van der Waals surface area contributed by atoms with Gasteiger partial charge in [-0.2, -0.15) is 0 Å². The number of rotatable bonds is 4. The van der Waals surface area contributed by atoms with E-state index in [0.717, 1.165) is 48.3 Å². The van der Waals surface area contributed by atoms with Crippen LogP contribution in [0.3, 0.4) is 0 Å². The molecule has 26 heavy (non-hydrogen) atoms. The van der Waals surface area contributed by atoms with Gasteiger partial charge in [0.1, 0.15) is 5.58 Å². The second-order valence-electron chi connectivity index (χ2n) is 7.73. The maximum Gasteiger partial charge on any atom is 0.336 e. The summed E-state index contributed by atoms with van der Waals surface area (Å²) < 4.78 is 5.46. The molecule has 1 aliphatic heterocycles. The van der Waals surface area contributed by atoms with E-state index in [1.165, 1.54) is 0 Å². The van der Waals surface area contributed by atoms with Crippen molar-refractivity contribution in [3.05, 3.63) is 45.3 Å². The van der Waals surface area contributed by atoms with Crippen LogP contribution in [0.4, 0.5) is 0 Å². The number of benzene rings is 1. The first kappa shape index (κ1) is 18.6. The number of nitrogens with zero attached hydrogens (tertiary/aromatic N) is 2. The molecule has 0 atom stereocenters. The SMILES string of the molecule is Cc1ccc2c(CN3CCN(C(=O)CC(C)C)CC3)cc(=O)oc2c1C. The third-order valence-electron chi connectivity index (χ3n) is 5.22. The van der Waals surface area contributed by atoms with Gasteiger partial charge in [0.05, 0.1) is 0 Å². The second-order valence-corrected chi connectivity index (χ2v) is 7.73. The molecule has 0 saturated carbocycles. The zero-order valence-electron chi connectivity index (χ0n) is 16.2. The smallest absolute Gasteiger partial charge is 0.336 e. The monoisotopic (exact) mass is 356 g/mol. The molecule has 5 heteroatoms. The first-order valence-electron chi connectivity index (χ1n) is 9.38. The fourth-order valence-corrected chi connectivity index (χ4v) is 3.53. The molecule has 0 bridgehead atoms. The summed E-state index contributed by atoms with van der Waals surface area (Å²) in [6, 6.07) is 5.72. The van der Waals surface area contributed by atoms with Gasteiger partial charge < -0.3 is 9.32 Å². The highest BCUT2D eigenvalue weighted by Crippen LogP contribution is 2.24. The van der Waals surface area contributed by atoms with Crippen molar-refractivity contribution < 1.29 is 9.21 Å². The first-order chi connectivity index (χ1) is 12.3. The lowest BCUT2D eigenvalue weighted by atomic mass is 10.0. The van der Waals surface area contributed by atoms with E-state index in [9.17, 15) is 9.59 Å². The average molecular weight is 356 g/mol. The predicted molar refractivity (Wildman–Crippen MR) is 103 cm³/mol. The van der Waals surface area contributed by atoms with E-state index in [-0.39, 0.29) is 11.5 Å². The minimum absolute atomic E-state index is 0.247. The first-order valence-corrected chi connectivity index (χ1v) is 9.38. The van der Waals surface area contributed by atoms with Crippen LogP contribution in [0.2, 0.25) is 0 Å². The molecule has 2 aromatic rings. The molecule has 1 saturated heterocycles. The summed E-state index contributed by atoms with van der Waals surface area (Å²) in [4.78, 5) is 28.5. The van der Waals surface area contributed by atoms with E-state index in [0.29, 0.717) is 24.5 Å². The van der Waals surface area contributed by atoms with Gasteiger partial charge in [-0.1, -0.05) is 26.0 Å². The predicted octanol–water partition coefficient (Wildman–Crippen LogP) is 3.10. The molecule has 0 unspecified atom stereocenters. The topological polar surface area (TPSA) is 53.8 Å². The Balaban J connectivity index is 1.74. The minimum atomic E-state index is -0.299. The highest BCUT2D eigenvalue weighted by atomic mass is 16.4. The number of piperazine rings is 1. The van der Waals surface area contributed by atoms with Crippen LogP contribution in [0.5, 0.6) is 0 Å². The summed E-state index contributed by atoms with van der Waals surface area (Å²) in [6.07, 6.45) is 0.614. The van der Waals surface area contributed by atoms with Crippen molar-refractivity contribution >= 4 is 16.9 Å². The number of hydrogen-bond acceptors (Lipinski definition) is 4. The van der Waals surface area contributed by atoms with E-state index in [1.807, 2.05) is 24.8 Å². The highest BCUT2D eigenvalue weighted by Gasteiger charge is 2.22. The summed E-state index contributed by atoms with van der Waals surface area (Å²) >= 11 is 0. The largest absolute Gasteiger partial charge is 0.422 e. The Hall–Kier alpha value is -2.14. The van der Waals surface area contributed by atoms with Crippen LogP contribution in [0, 0.1) is 19.8 Å². The van der Waals surface area contributed by atoms with Crippen molar-refractivity contribution in [2.75, 3.05) is 26.2 Å². The van der Waals surface area contributed by atoms with Gasteiger partial charge in [0.25, 0.3) is 0 Å². The third-order valence-corrected chi connectivity index (χ3v) is 5.22. The number of amides is 1. The molecule has 0 aliphatic carbocycles. The van der Waals surface area contributed by atoms with E-state index < -0.39 is 0 Å². The van der Waals surface area contributed by atoms with E-state index >= 15 is 0 Å². The summed E-state index contributed by atoms with van der Waals surface area (Å²) in [5.41, 5.74) is 3.53. The Labute approximate surface area is 154 Å². The maximum absolute atomic E-state index is 12.2. The zero-order chi connectivity index (χ0) is 18.8. The van der Waals surface area contributed by atoms with Crippen LogP contribution in [-0.2, 0) is 11.3 Å². The Bertz CT molecular complexity index is 861. The zero-order valence-corrected chi connectivity index (χ0v) is 16.2. The van der Waals surface area contributed by atoms with Crippen LogP contribution in [0.15, 0.2) is 27.4 Å². The van der Waals surface area contributed by atoms with Gasteiger partial charge in [0.15, 0.2) is 0 Å². The lowest BCUT2D eigenvalue weighted by molar-refractivity contribution is -0.133. The summed E-state index contributed by atoms with van der Waals surface area (Å²) in [5, 5.41) is 1.01. The molecule has 0 N–H and O–H groups in total. The number of hydrogen-bond donors (Lipinski definition) is 0. The molecule has 1 amide bonds. The van der Waals surface area contributed by atoms with Gasteiger partial charge in [-0.05, 0) is 36.5 Å². The molecule has 140 valence electrons. The van der Waals surface area contributed by atoms with Crippen molar-refractivity contribution in [3.63, 3.8) is 0 Å². The van der Waals surface area contributed by atoms with Crippen LogP contribution >= 0.6 is 0 Å². The highest BCUT2D eigenvalue weighted by molar-refractivity contribution is 5.83. The normalized spacial score (nSPS) is 15.8. The molecule has 3 rings (SSSR count). The van der Waals surface area contributed by atoms with Gasteiger partial charge in [-0.3, -0.25) is 9.69 Å². The Morgan fingerprint density at radius 2 is 1.85 bits per heavy atom. The van der Waals surface area contributed by atoms with Crippen LogP contribution in [0.1, 0.15) is 37.0 Å². The molecule has 1 aromatic carbocycles. The average Bonchev–Trinajstić information content (AvgIpc) is 2.58. The third kappa shape index (κ3) is 3.98. The summed E-state index contributed by atoms with van der Waals surface area (Å²) in [6.45, 7) is 12.0. The molecule has 0 spiro atoms. The van der Waals surface area contributed by atoms with Gasteiger partial charge in [-0.15, -0.1) is 0 Å². The molecular weight excluding hydrogens is 328 g/mol. The lowest BCUT2D eigenvalue weighted by Gasteiger charge is -2.35. The van der Waals surface area contributed by atoms with E-state index in [2.05, 4.69) is 24.8 Å². The van der Waals surface area contributed by atoms with Gasteiger partial charge in [-0.25, -0.2) is 4.79 Å². The number of aryl methyl sites for hydroxylation is 2. The minimum Gasteiger partial charge on any atom is -0.422 e. The van der Waals surface area contributed by atoms with Crippen LogP contribution in [0.25, 0.3) is 11.0 Å². The molecular formula is C21H28N2O3. The fourth-order valence-electron chi connectivity index (χ4n) is 3.53. The Morgan fingerprint density at radius 1 is 1.15 bits per heavy atom. The van der Waals surface area contributed by atoms with Crippen molar-refractivity contribution in [3.8, 4) is 0 Å². The van der Waals surface area contributed by atoms with E-state index in [1.54, 1.807) is 6.07 Å². The van der Waals surface area contributed by atoms with Gasteiger partial charge >= 0.3 is 5.63 Å². The lowest BCUT2D eigenvalue weighted by Crippen LogP contribution is -2.48. The quantitative estimate of drug-likeness (QED) is 0.790. The number of fused-ring (bicyclic) bond motifs is 1. The molecule has 0 radical (unpaired) electrons. The Kier molecular flexibility index (Phi) is 5.47. The summed E-state index contributed by atoms with van der Waals surface area (Å²) in [7, 11) is 0. The van der Waals surface area contributed by atoms with Crippen molar-refractivity contribution in [2.45, 2.75) is 40.7 Å². The van der Waals surface area contributed by atoms with Crippen molar-refractivity contribution in [1.29, 1.82) is 0 Å². The second kappa shape index (κ2) is 7.62. The molecule has 1 fully saturated rings. The van der Waals surface area contributed by atoms with Crippen LogP contribution < -0.4 is 5.63 Å². The van der Waals surface area contributed by atoms with Gasteiger partial charge in [0, 0.05) is 50.6 Å². The standard InChI is InChI=1S/C21H28N2O3/c1-14(2)11-19(24)23-9-7-22(8-10-23)13-17-12-20(25)26-21-16(4)15(3)5-6-18(17)21/h5-6,12,14H,7-11,13H2,1-4H3. The molecule has 1 aliphatic rings. The molecule has 2 heterocycles. The molecule has 5 nitrogen and oxygen atoms in total. The summed E-state index contributed by atoms with van der Waals surface area (Å²) in [5.74, 6) is 0.638. The van der Waals surface area contributed by atoms with Gasteiger partial charge in [0.2, 0.25) is 5.91 Å². The Morgan fingerprint density at radius 3 is 2.50 bits per heavy atom. The van der Waals surface area contributed by atoms with Crippen molar-refractivity contribution in [1.82, 2.24) is 9.80 Å².